The SMILES string of the molecule is CCCCN1C(=O)/C(=C/c2nccs2)c2cc(S(=O)(=O)N(CCCC)C(c3ccccc3)c3ccccc3)ccc21. The van der Waals surface area contributed by atoms with Gasteiger partial charge in [-0.15, -0.1) is 11.3 Å². The number of thiazole rings is 1. The van der Waals surface area contributed by atoms with Crippen molar-refractivity contribution in [3.63, 3.8) is 0 Å². The fraction of sp³-hybridized carbons (Fsp3) is 0.273. The number of rotatable bonds is 12. The van der Waals surface area contributed by atoms with E-state index in [0.29, 0.717) is 29.2 Å². The number of amides is 1. The van der Waals surface area contributed by atoms with Crippen LogP contribution >= 0.6 is 11.3 Å². The number of sulfonamides is 1. The van der Waals surface area contributed by atoms with Crippen molar-refractivity contribution in [2.45, 2.75) is 50.5 Å². The van der Waals surface area contributed by atoms with Crippen LogP contribution in [0, 0.1) is 0 Å². The van der Waals surface area contributed by atoms with Gasteiger partial charge in [0.15, 0.2) is 0 Å². The van der Waals surface area contributed by atoms with Crippen molar-refractivity contribution in [1.82, 2.24) is 9.29 Å². The first kappa shape index (κ1) is 28.9. The Morgan fingerprint density at radius 2 is 1.59 bits per heavy atom. The predicted octanol–water partition coefficient (Wildman–Crippen LogP) is 7.41. The zero-order valence-electron chi connectivity index (χ0n) is 23.4. The van der Waals surface area contributed by atoms with Gasteiger partial charge in [0, 0.05) is 30.2 Å². The Kier molecular flexibility index (Phi) is 9.12. The van der Waals surface area contributed by atoms with Crippen LogP contribution in [0.15, 0.2) is 95.3 Å². The molecule has 2 heterocycles. The van der Waals surface area contributed by atoms with Gasteiger partial charge in [0.05, 0.1) is 22.2 Å². The van der Waals surface area contributed by atoms with Crippen molar-refractivity contribution in [2.75, 3.05) is 18.0 Å². The highest BCUT2D eigenvalue weighted by molar-refractivity contribution is 7.89. The monoisotopic (exact) mass is 585 g/mol. The number of hydrogen-bond donors (Lipinski definition) is 0. The van der Waals surface area contributed by atoms with Crippen LogP contribution in [0.2, 0.25) is 0 Å². The molecule has 0 aliphatic carbocycles. The summed E-state index contributed by atoms with van der Waals surface area (Å²) in [7, 11) is -3.96. The normalized spacial score (nSPS) is 14.4. The highest BCUT2D eigenvalue weighted by Crippen LogP contribution is 2.41. The highest BCUT2D eigenvalue weighted by Gasteiger charge is 2.37. The van der Waals surface area contributed by atoms with Gasteiger partial charge in [0.25, 0.3) is 5.91 Å². The van der Waals surface area contributed by atoms with E-state index in [1.165, 1.54) is 11.3 Å². The zero-order chi connectivity index (χ0) is 28.8. The second-order valence-corrected chi connectivity index (χ2v) is 12.9. The molecule has 0 fully saturated rings. The molecule has 212 valence electrons. The second kappa shape index (κ2) is 12.9. The molecule has 5 rings (SSSR count). The summed E-state index contributed by atoms with van der Waals surface area (Å²) in [5, 5.41) is 2.57. The van der Waals surface area contributed by atoms with Crippen LogP contribution < -0.4 is 4.90 Å². The number of anilines is 1. The Bertz CT molecular complexity index is 1560. The van der Waals surface area contributed by atoms with E-state index in [-0.39, 0.29) is 10.8 Å². The minimum Gasteiger partial charge on any atom is -0.308 e. The third-order valence-electron chi connectivity index (χ3n) is 7.34. The summed E-state index contributed by atoms with van der Waals surface area (Å²) in [5.41, 5.74) is 3.67. The minimum absolute atomic E-state index is 0.118. The third kappa shape index (κ3) is 6.05. The Morgan fingerprint density at radius 1 is 0.927 bits per heavy atom. The maximum Gasteiger partial charge on any atom is 0.259 e. The summed E-state index contributed by atoms with van der Waals surface area (Å²) in [6.45, 7) is 5.10. The van der Waals surface area contributed by atoms with Crippen molar-refractivity contribution in [1.29, 1.82) is 0 Å². The summed E-state index contributed by atoms with van der Waals surface area (Å²) in [5.74, 6) is -0.118. The molecule has 0 saturated heterocycles. The average molecular weight is 586 g/mol. The van der Waals surface area contributed by atoms with Crippen LogP contribution in [0.1, 0.15) is 67.3 Å². The lowest BCUT2D eigenvalue weighted by Gasteiger charge is -2.32. The van der Waals surface area contributed by atoms with E-state index >= 15 is 0 Å². The Hall–Kier alpha value is -3.59. The summed E-state index contributed by atoms with van der Waals surface area (Å²) in [4.78, 5) is 19.9. The van der Waals surface area contributed by atoms with Crippen LogP contribution in [-0.4, -0.2) is 36.7 Å². The van der Waals surface area contributed by atoms with E-state index < -0.39 is 16.1 Å². The molecule has 0 radical (unpaired) electrons. The van der Waals surface area contributed by atoms with Gasteiger partial charge in [-0.05, 0) is 48.2 Å². The van der Waals surface area contributed by atoms with Crippen molar-refractivity contribution < 1.29 is 13.2 Å². The van der Waals surface area contributed by atoms with Crippen LogP contribution in [0.4, 0.5) is 5.69 Å². The molecular weight excluding hydrogens is 551 g/mol. The second-order valence-electron chi connectivity index (χ2n) is 10.1. The average Bonchev–Trinajstić information content (AvgIpc) is 3.61. The lowest BCUT2D eigenvalue weighted by atomic mass is 9.98. The predicted molar refractivity (Wildman–Crippen MR) is 167 cm³/mol. The summed E-state index contributed by atoms with van der Waals surface area (Å²) >= 11 is 1.44. The van der Waals surface area contributed by atoms with Gasteiger partial charge >= 0.3 is 0 Å². The fourth-order valence-electron chi connectivity index (χ4n) is 5.24. The van der Waals surface area contributed by atoms with E-state index in [4.69, 9.17) is 0 Å². The molecule has 0 atom stereocenters. The molecule has 8 heteroatoms. The first-order valence-electron chi connectivity index (χ1n) is 14.1. The van der Waals surface area contributed by atoms with Gasteiger partial charge in [-0.3, -0.25) is 4.79 Å². The van der Waals surface area contributed by atoms with E-state index in [2.05, 4.69) is 18.8 Å². The summed E-state index contributed by atoms with van der Waals surface area (Å²) < 4.78 is 30.8. The van der Waals surface area contributed by atoms with Crippen molar-refractivity contribution in [3.8, 4) is 0 Å². The molecular formula is C33H35N3O3S2. The Balaban J connectivity index is 1.64. The van der Waals surface area contributed by atoms with Crippen molar-refractivity contribution >= 4 is 44.6 Å². The topological polar surface area (TPSA) is 70.6 Å². The number of aromatic nitrogens is 1. The number of unbranched alkanes of at least 4 members (excludes halogenated alkanes) is 2. The Morgan fingerprint density at radius 3 is 2.17 bits per heavy atom. The van der Waals surface area contributed by atoms with Gasteiger partial charge in [-0.1, -0.05) is 87.4 Å². The van der Waals surface area contributed by atoms with Crippen LogP contribution in [0.3, 0.4) is 0 Å². The number of carbonyl (C=O) groups excluding carboxylic acids is 1. The van der Waals surface area contributed by atoms with Crippen molar-refractivity contribution in [3.05, 3.63) is 112 Å². The first-order chi connectivity index (χ1) is 20.0. The molecule has 1 aliphatic heterocycles. The first-order valence-corrected chi connectivity index (χ1v) is 16.5. The zero-order valence-corrected chi connectivity index (χ0v) is 25.1. The maximum absolute atomic E-state index is 14.6. The fourth-order valence-corrected chi connectivity index (χ4v) is 7.47. The molecule has 0 bridgehead atoms. The summed E-state index contributed by atoms with van der Waals surface area (Å²) in [6.07, 6.45) is 6.86. The largest absolute Gasteiger partial charge is 0.308 e. The van der Waals surface area contributed by atoms with E-state index in [1.54, 1.807) is 39.7 Å². The highest BCUT2D eigenvalue weighted by atomic mass is 32.2. The maximum atomic E-state index is 14.6. The lowest BCUT2D eigenvalue weighted by molar-refractivity contribution is -0.113. The van der Waals surface area contributed by atoms with Gasteiger partial charge in [-0.25, -0.2) is 13.4 Å². The minimum atomic E-state index is -3.96. The number of fused-ring (bicyclic) bond motifs is 1. The molecule has 0 N–H and O–H groups in total. The Labute approximate surface area is 247 Å². The number of benzene rings is 3. The van der Waals surface area contributed by atoms with Gasteiger partial charge in [0.1, 0.15) is 5.01 Å². The van der Waals surface area contributed by atoms with E-state index in [1.807, 2.05) is 66.0 Å². The molecule has 0 saturated carbocycles. The van der Waals surface area contributed by atoms with Crippen molar-refractivity contribution in [2.24, 2.45) is 0 Å². The third-order valence-corrected chi connectivity index (χ3v) is 9.92. The van der Waals surface area contributed by atoms with Crippen LogP contribution in [0.5, 0.6) is 0 Å². The number of carbonyl (C=O) groups is 1. The van der Waals surface area contributed by atoms with Gasteiger partial charge in [0.2, 0.25) is 10.0 Å². The van der Waals surface area contributed by atoms with Gasteiger partial charge < -0.3 is 4.90 Å². The molecule has 1 amide bonds. The molecule has 0 unspecified atom stereocenters. The standard InChI is InChI=1S/C33H35N3O3S2/c1-3-5-20-35-30-18-17-27(23-28(30)29(33(35)37)24-31-34-19-22-40-31)41(38,39)36(21-6-4-2)32(25-13-9-7-10-14-25)26-15-11-8-12-16-26/h7-19,22-24,32H,3-6,20-21H2,1-2H3/b29-24+. The van der Waals surface area contributed by atoms with Crippen LogP contribution in [0.25, 0.3) is 11.6 Å². The smallest absolute Gasteiger partial charge is 0.259 e. The van der Waals surface area contributed by atoms with E-state index in [0.717, 1.165) is 42.5 Å². The number of nitrogens with zero attached hydrogens (tertiary/aromatic N) is 3. The quantitative estimate of drug-likeness (QED) is 0.162. The molecule has 1 aromatic heterocycles. The molecule has 4 aromatic rings. The number of hydrogen-bond acceptors (Lipinski definition) is 5. The molecule has 1 aliphatic rings. The van der Waals surface area contributed by atoms with Gasteiger partial charge in [-0.2, -0.15) is 4.31 Å². The van der Waals surface area contributed by atoms with Crippen LogP contribution in [-0.2, 0) is 14.8 Å². The molecule has 6 nitrogen and oxygen atoms in total. The lowest BCUT2D eigenvalue weighted by Crippen LogP contribution is -2.36. The summed E-state index contributed by atoms with van der Waals surface area (Å²) in [6, 6.07) is 24.2. The molecule has 3 aromatic carbocycles. The van der Waals surface area contributed by atoms with E-state index in [9.17, 15) is 13.2 Å². The molecule has 0 spiro atoms. The molecule has 41 heavy (non-hydrogen) atoms.